The van der Waals surface area contributed by atoms with Gasteiger partial charge in [-0.2, -0.15) is 0 Å². The first-order valence-corrected chi connectivity index (χ1v) is 6.42. The van der Waals surface area contributed by atoms with Gasteiger partial charge >= 0.3 is 0 Å². The zero-order valence-corrected chi connectivity index (χ0v) is 9.92. The monoisotopic (exact) mass is 195 g/mol. The fraction of sp³-hybridized carbons (Fsp3) is 1.00. The molecular formula is C13H25N. The van der Waals surface area contributed by atoms with Crippen molar-refractivity contribution >= 4 is 0 Å². The minimum Gasteiger partial charge on any atom is -0.313 e. The standard InChI is InChI=1S/C13H25N/c1-9-5-4-6-13(11(9)3)14-8-12-7-10(12)2/h9-14H,4-8H2,1-3H3. The molecule has 0 aliphatic heterocycles. The Balaban J connectivity index is 1.73. The van der Waals surface area contributed by atoms with Gasteiger partial charge < -0.3 is 5.32 Å². The Labute approximate surface area is 88.7 Å². The summed E-state index contributed by atoms with van der Waals surface area (Å²) in [5, 5.41) is 3.79. The molecule has 1 heteroatoms. The summed E-state index contributed by atoms with van der Waals surface area (Å²) in [6, 6.07) is 0.812. The minimum absolute atomic E-state index is 0.812. The van der Waals surface area contributed by atoms with Gasteiger partial charge in [-0.15, -0.1) is 0 Å². The van der Waals surface area contributed by atoms with Crippen molar-refractivity contribution < 1.29 is 0 Å². The third kappa shape index (κ3) is 2.31. The molecule has 0 amide bonds. The Morgan fingerprint density at radius 1 is 1.07 bits per heavy atom. The Bertz CT molecular complexity index is 190. The molecule has 14 heavy (non-hydrogen) atoms. The molecule has 2 rings (SSSR count). The van der Waals surface area contributed by atoms with Gasteiger partial charge in [-0.25, -0.2) is 0 Å². The van der Waals surface area contributed by atoms with E-state index in [9.17, 15) is 0 Å². The van der Waals surface area contributed by atoms with Gasteiger partial charge in [0.05, 0.1) is 0 Å². The van der Waals surface area contributed by atoms with Crippen molar-refractivity contribution in [3.05, 3.63) is 0 Å². The molecule has 2 fully saturated rings. The molecule has 0 aromatic rings. The smallest absolute Gasteiger partial charge is 0.00953 e. The highest BCUT2D eigenvalue weighted by Crippen LogP contribution is 2.37. The predicted molar refractivity (Wildman–Crippen MR) is 61.2 cm³/mol. The maximum atomic E-state index is 3.79. The summed E-state index contributed by atoms with van der Waals surface area (Å²) in [5.74, 6) is 3.81. The van der Waals surface area contributed by atoms with E-state index in [0.717, 1.165) is 29.7 Å². The molecule has 0 aromatic heterocycles. The fourth-order valence-electron chi connectivity index (χ4n) is 2.86. The molecule has 82 valence electrons. The summed E-state index contributed by atoms with van der Waals surface area (Å²) in [7, 11) is 0. The first-order chi connectivity index (χ1) is 6.68. The van der Waals surface area contributed by atoms with Crippen LogP contribution >= 0.6 is 0 Å². The lowest BCUT2D eigenvalue weighted by Crippen LogP contribution is -2.41. The molecule has 0 bridgehead atoms. The van der Waals surface area contributed by atoms with Crippen LogP contribution in [0.1, 0.15) is 46.5 Å². The molecule has 2 aliphatic rings. The van der Waals surface area contributed by atoms with Gasteiger partial charge in [-0.1, -0.05) is 33.6 Å². The summed E-state index contributed by atoms with van der Waals surface area (Å²) < 4.78 is 0. The third-order valence-corrected chi connectivity index (χ3v) is 4.63. The van der Waals surface area contributed by atoms with E-state index in [0.29, 0.717) is 0 Å². The normalized spacial score (nSPS) is 47.8. The second kappa shape index (κ2) is 4.22. The van der Waals surface area contributed by atoms with Gasteiger partial charge in [0.1, 0.15) is 0 Å². The summed E-state index contributed by atoms with van der Waals surface area (Å²) in [6.07, 6.45) is 5.75. The maximum Gasteiger partial charge on any atom is 0.00953 e. The predicted octanol–water partition coefficient (Wildman–Crippen LogP) is 3.06. The molecule has 0 spiro atoms. The summed E-state index contributed by atoms with van der Waals surface area (Å²) in [6.45, 7) is 8.50. The lowest BCUT2D eigenvalue weighted by Gasteiger charge is -2.34. The van der Waals surface area contributed by atoms with Gasteiger partial charge in [0.2, 0.25) is 0 Å². The maximum absolute atomic E-state index is 3.79. The van der Waals surface area contributed by atoms with Crippen molar-refractivity contribution in [3.63, 3.8) is 0 Å². The van der Waals surface area contributed by atoms with Crippen LogP contribution in [0, 0.1) is 23.7 Å². The topological polar surface area (TPSA) is 12.0 Å². The summed E-state index contributed by atoms with van der Waals surface area (Å²) >= 11 is 0. The van der Waals surface area contributed by atoms with E-state index >= 15 is 0 Å². The Kier molecular flexibility index (Phi) is 3.16. The Hall–Kier alpha value is -0.0400. The molecule has 5 unspecified atom stereocenters. The molecule has 1 N–H and O–H groups in total. The first kappa shape index (κ1) is 10.5. The second-order valence-electron chi connectivity index (χ2n) is 5.76. The second-order valence-corrected chi connectivity index (χ2v) is 5.76. The van der Waals surface area contributed by atoms with Crippen molar-refractivity contribution in [3.8, 4) is 0 Å². The van der Waals surface area contributed by atoms with Crippen LogP contribution < -0.4 is 5.32 Å². The van der Waals surface area contributed by atoms with Crippen LogP contribution in [0.5, 0.6) is 0 Å². The van der Waals surface area contributed by atoms with Crippen LogP contribution in [0.25, 0.3) is 0 Å². The lowest BCUT2D eigenvalue weighted by atomic mass is 9.78. The van der Waals surface area contributed by atoms with Gasteiger partial charge in [-0.3, -0.25) is 0 Å². The highest BCUT2D eigenvalue weighted by Gasteiger charge is 2.34. The highest BCUT2D eigenvalue weighted by atomic mass is 14.9. The van der Waals surface area contributed by atoms with Crippen LogP contribution in [0.3, 0.4) is 0 Å². The quantitative estimate of drug-likeness (QED) is 0.730. The molecular weight excluding hydrogens is 170 g/mol. The van der Waals surface area contributed by atoms with E-state index in [1.807, 2.05) is 0 Å². The molecule has 2 saturated carbocycles. The lowest BCUT2D eigenvalue weighted by molar-refractivity contribution is 0.205. The van der Waals surface area contributed by atoms with Gasteiger partial charge in [0.25, 0.3) is 0 Å². The molecule has 0 radical (unpaired) electrons. The van der Waals surface area contributed by atoms with Gasteiger partial charge in [0, 0.05) is 6.04 Å². The average molecular weight is 195 g/mol. The van der Waals surface area contributed by atoms with Crippen molar-refractivity contribution in [2.75, 3.05) is 6.54 Å². The number of rotatable bonds is 3. The molecule has 0 saturated heterocycles. The third-order valence-electron chi connectivity index (χ3n) is 4.63. The largest absolute Gasteiger partial charge is 0.313 e. The van der Waals surface area contributed by atoms with Gasteiger partial charge in [0.15, 0.2) is 0 Å². The van der Waals surface area contributed by atoms with E-state index in [2.05, 4.69) is 26.1 Å². The van der Waals surface area contributed by atoms with E-state index < -0.39 is 0 Å². The van der Waals surface area contributed by atoms with Crippen molar-refractivity contribution in [2.45, 2.75) is 52.5 Å². The van der Waals surface area contributed by atoms with E-state index in [4.69, 9.17) is 0 Å². The van der Waals surface area contributed by atoms with E-state index in [1.54, 1.807) is 0 Å². The number of hydrogen-bond donors (Lipinski definition) is 1. The van der Waals surface area contributed by atoms with Crippen molar-refractivity contribution in [1.29, 1.82) is 0 Å². The zero-order chi connectivity index (χ0) is 10.1. The Morgan fingerprint density at radius 3 is 2.43 bits per heavy atom. The molecule has 0 heterocycles. The minimum atomic E-state index is 0.812. The molecule has 5 atom stereocenters. The van der Waals surface area contributed by atoms with Crippen LogP contribution in [0.4, 0.5) is 0 Å². The SMILES string of the molecule is CC1CC1CNC1CCCC(C)C1C. The summed E-state index contributed by atoms with van der Waals surface area (Å²) in [4.78, 5) is 0. The van der Waals surface area contributed by atoms with Gasteiger partial charge in [-0.05, 0) is 43.1 Å². The number of hydrogen-bond acceptors (Lipinski definition) is 1. The van der Waals surface area contributed by atoms with Crippen LogP contribution in [-0.2, 0) is 0 Å². The van der Waals surface area contributed by atoms with Crippen LogP contribution in [0.2, 0.25) is 0 Å². The molecule has 2 aliphatic carbocycles. The van der Waals surface area contributed by atoms with E-state index in [-0.39, 0.29) is 0 Å². The molecule has 1 nitrogen and oxygen atoms in total. The summed E-state index contributed by atoms with van der Waals surface area (Å²) in [5.41, 5.74) is 0. The highest BCUT2D eigenvalue weighted by molar-refractivity contribution is 4.88. The van der Waals surface area contributed by atoms with Crippen molar-refractivity contribution in [2.24, 2.45) is 23.7 Å². The average Bonchev–Trinajstić information content (AvgIpc) is 2.85. The zero-order valence-electron chi connectivity index (χ0n) is 9.92. The van der Waals surface area contributed by atoms with E-state index in [1.165, 1.54) is 32.2 Å². The van der Waals surface area contributed by atoms with Crippen LogP contribution in [0.15, 0.2) is 0 Å². The molecule has 0 aromatic carbocycles. The first-order valence-electron chi connectivity index (χ1n) is 6.42. The van der Waals surface area contributed by atoms with Crippen LogP contribution in [-0.4, -0.2) is 12.6 Å². The van der Waals surface area contributed by atoms with Crippen molar-refractivity contribution in [1.82, 2.24) is 5.32 Å². The number of nitrogens with one attached hydrogen (secondary N) is 1. The fourth-order valence-corrected chi connectivity index (χ4v) is 2.86. The Morgan fingerprint density at radius 2 is 1.79 bits per heavy atom.